The summed E-state index contributed by atoms with van der Waals surface area (Å²) in [5.41, 5.74) is 1.45. The Balaban J connectivity index is 1.56. The van der Waals surface area contributed by atoms with E-state index < -0.39 is 24.2 Å². The standard InChI is InChI=1S/C21H17BrClF3N4O/c22-14-5-3-13(4-6-14)16-9-18(21(24,25)26)30-19(28-16)10-17(29-30)20(31)27-11-12-1-7-15(23)8-2-12/h1-8,10,16,18,28H,9,11H2,(H,27,31)/t16-,18+/m1/s1. The molecule has 2 N–H and O–H groups in total. The van der Waals surface area contributed by atoms with E-state index in [9.17, 15) is 18.0 Å². The van der Waals surface area contributed by atoms with Crippen molar-refractivity contribution in [2.24, 2.45) is 0 Å². The number of carbonyl (C=O) groups excluding carboxylic acids is 1. The molecule has 2 atom stereocenters. The van der Waals surface area contributed by atoms with Gasteiger partial charge in [0.25, 0.3) is 5.91 Å². The summed E-state index contributed by atoms with van der Waals surface area (Å²) in [4.78, 5) is 12.5. The number of alkyl halides is 3. The zero-order valence-electron chi connectivity index (χ0n) is 16.0. The Kier molecular flexibility index (Phi) is 5.98. The molecule has 31 heavy (non-hydrogen) atoms. The molecule has 0 bridgehead atoms. The lowest BCUT2D eigenvalue weighted by molar-refractivity contribution is -0.173. The van der Waals surface area contributed by atoms with Crippen LogP contribution in [0.3, 0.4) is 0 Å². The van der Waals surface area contributed by atoms with Crippen molar-refractivity contribution in [2.45, 2.75) is 31.2 Å². The van der Waals surface area contributed by atoms with Gasteiger partial charge in [-0.1, -0.05) is 51.8 Å². The average Bonchev–Trinajstić information content (AvgIpc) is 3.16. The maximum atomic E-state index is 13.8. The second-order valence-corrected chi connectivity index (χ2v) is 8.56. The van der Waals surface area contributed by atoms with Crippen LogP contribution in [-0.2, 0) is 6.54 Å². The van der Waals surface area contributed by atoms with Gasteiger partial charge in [0.1, 0.15) is 5.82 Å². The minimum Gasteiger partial charge on any atom is -0.363 e. The summed E-state index contributed by atoms with van der Waals surface area (Å²) in [6, 6.07) is 12.9. The molecule has 2 aromatic carbocycles. The molecule has 0 radical (unpaired) electrons. The van der Waals surface area contributed by atoms with Crippen LogP contribution in [0.2, 0.25) is 5.02 Å². The van der Waals surface area contributed by atoms with Crippen LogP contribution in [0, 0.1) is 0 Å². The van der Waals surface area contributed by atoms with Gasteiger partial charge in [-0.25, -0.2) is 4.68 Å². The van der Waals surface area contributed by atoms with E-state index in [1.165, 1.54) is 6.07 Å². The van der Waals surface area contributed by atoms with Gasteiger partial charge in [0, 0.05) is 28.5 Å². The number of benzene rings is 2. The molecule has 0 unspecified atom stereocenters. The fourth-order valence-corrected chi connectivity index (χ4v) is 3.86. The average molecular weight is 514 g/mol. The van der Waals surface area contributed by atoms with Crippen LogP contribution in [-0.4, -0.2) is 21.9 Å². The maximum Gasteiger partial charge on any atom is 0.410 e. The van der Waals surface area contributed by atoms with Gasteiger partial charge in [0.15, 0.2) is 11.7 Å². The van der Waals surface area contributed by atoms with Crippen LogP contribution in [0.4, 0.5) is 19.0 Å². The lowest BCUT2D eigenvalue weighted by Crippen LogP contribution is -2.35. The summed E-state index contributed by atoms with van der Waals surface area (Å²) < 4.78 is 43.0. The van der Waals surface area contributed by atoms with Crippen molar-refractivity contribution in [2.75, 3.05) is 5.32 Å². The molecule has 0 saturated heterocycles. The molecule has 1 aliphatic heterocycles. The van der Waals surface area contributed by atoms with E-state index in [-0.39, 0.29) is 24.5 Å². The van der Waals surface area contributed by atoms with Crippen molar-refractivity contribution in [1.29, 1.82) is 0 Å². The number of fused-ring (bicyclic) bond motifs is 1. The summed E-state index contributed by atoms with van der Waals surface area (Å²) in [6.45, 7) is 0.204. The highest BCUT2D eigenvalue weighted by molar-refractivity contribution is 9.10. The summed E-state index contributed by atoms with van der Waals surface area (Å²) in [7, 11) is 0. The predicted molar refractivity (Wildman–Crippen MR) is 115 cm³/mol. The van der Waals surface area contributed by atoms with Gasteiger partial charge >= 0.3 is 6.18 Å². The Morgan fingerprint density at radius 2 is 1.87 bits per heavy atom. The highest BCUT2D eigenvalue weighted by Gasteiger charge is 2.46. The molecule has 5 nitrogen and oxygen atoms in total. The zero-order valence-corrected chi connectivity index (χ0v) is 18.3. The third-order valence-corrected chi connectivity index (χ3v) is 5.84. The summed E-state index contributed by atoms with van der Waals surface area (Å²) in [5, 5.41) is 10.3. The quantitative estimate of drug-likeness (QED) is 0.457. The van der Waals surface area contributed by atoms with Crippen LogP contribution >= 0.6 is 27.5 Å². The van der Waals surface area contributed by atoms with Crippen LogP contribution in [0.1, 0.15) is 40.1 Å². The molecule has 3 aromatic rings. The molecule has 1 aromatic heterocycles. The molecule has 0 spiro atoms. The maximum absolute atomic E-state index is 13.8. The Labute approximate surface area is 189 Å². The first-order chi connectivity index (χ1) is 14.7. The van der Waals surface area contributed by atoms with Crippen molar-refractivity contribution < 1.29 is 18.0 Å². The topological polar surface area (TPSA) is 59.0 Å². The van der Waals surface area contributed by atoms with Crippen molar-refractivity contribution in [3.63, 3.8) is 0 Å². The van der Waals surface area contributed by atoms with Crippen molar-refractivity contribution in [3.05, 3.63) is 80.9 Å². The van der Waals surface area contributed by atoms with Crippen molar-refractivity contribution in [1.82, 2.24) is 15.1 Å². The SMILES string of the molecule is O=C(NCc1ccc(Cl)cc1)c1cc2n(n1)[C@H](C(F)(F)F)C[C@H](c1ccc(Br)cc1)N2. The number of carbonyl (C=O) groups is 1. The highest BCUT2D eigenvalue weighted by atomic mass is 79.9. The molecular weight excluding hydrogens is 497 g/mol. The zero-order chi connectivity index (χ0) is 22.2. The van der Waals surface area contributed by atoms with Crippen molar-refractivity contribution in [3.8, 4) is 0 Å². The van der Waals surface area contributed by atoms with Gasteiger partial charge in [-0.15, -0.1) is 0 Å². The molecule has 162 valence electrons. The number of rotatable bonds is 4. The smallest absolute Gasteiger partial charge is 0.363 e. The largest absolute Gasteiger partial charge is 0.410 e. The minimum absolute atomic E-state index is 0.0813. The lowest BCUT2D eigenvalue weighted by atomic mass is 9.97. The number of nitrogens with zero attached hydrogens (tertiary/aromatic N) is 2. The van der Waals surface area contributed by atoms with Crippen LogP contribution < -0.4 is 10.6 Å². The molecule has 1 amide bonds. The third-order valence-electron chi connectivity index (χ3n) is 5.06. The number of halogens is 5. The number of hydrogen-bond donors (Lipinski definition) is 2. The first-order valence-electron chi connectivity index (χ1n) is 9.41. The lowest BCUT2D eigenvalue weighted by Gasteiger charge is -2.33. The van der Waals surface area contributed by atoms with Gasteiger partial charge in [-0.05, 0) is 35.4 Å². The minimum atomic E-state index is -4.51. The van der Waals surface area contributed by atoms with E-state index >= 15 is 0 Å². The number of amides is 1. The second-order valence-electron chi connectivity index (χ2n) is 7.21. The molecule has 0 saturated carbocycles. The predicted octanol–water partition coefficient (Wildman–Crippen LogP) is 5.89. The first-order valence-corrected chi connectivity index (χ1v) is 10.6. The van der Waals surface area contributed by atoms with E-state index in [0.29, 0.717) is 5.02 Å². The number of hydrogen-bond acceptors (Lipinski definition) is 3. The summed E-state index contributed by atoms with van der Waals surface area (Å²) in [5.74, 6) is -0.405. The first kappa shape index (κ1) is 21.7. The van der Waals surface area contributed by atoms with Crippen LogP contribution in [0.5, 0.6) is 0 Å². The summed E-state index contributed by atoms with van der Waals surface area (Å²) in [6.07, 6.45) is -4.74. The molecule has 2 heterocycles. The van der Waals surface area contributed by atoms with E-state index in [2.05, 4.69) is 31.7 Å². The van der Waals surface area contributed by atoms with Crippen molar-refractivity contribution >= 4 is 39.3 Å². The van der Waals surface area contributed by atoms with E-state index in [4.69, 9.17) is 11.6 Å². The Morgan fingerprint density at radius 3 is 2.52 bits per heavy atom. The highest BCUT2D eigenvalue weighted by Crippen LogP contribution is 2.43. The Hall–Kier alpha value is -2.52. The van der Waals surface area contributed by atoms with Crippen LogP contribution in [0.15, 0.2) is 59.1 Å². The molecule has 4 rings (SSSR count). The fourth-order valence-electron chi connectivity index (χ4n) is 3.47. The normalized spacial score (nSPS) is 18.2. The number of nitrogens with one attached hydrogen (secondary N) is 2. The van der Waals surface area contributed by atoms with Gasteiger partial charge in [0.2, 0.25) is 0 Å². The van der Waals surface area contributed by atoms with E-state index in [0.717, 1.165) is 20.3 Å². The third kappa shape index (κ3) is 4.88. The van der Waals surface area contributed by atoms with Gasteiger partial charge < -0.3 is 10.6 Å². The number of aromatic nitrogens is 2. The van der Waals surface area contributed by atoms with E-state index in [1.807, 2.05) is 0 Å². The molecular formula is C21H17BrClF3N4O. The van der Waals surface area contributed by atoms with Crippen LogP contribution in [0.25, 0.3) is 0 Å². The Bertz CT molecular complexity index is 1080. The molecule has 0 fully saturated rings. The van der Waals surface area contributed by atoms with Gasteiger partial charge in [0.05, 0.1) is 6.04 Å². The van der Waals surface area contributed by atoms with Gasteiger partial charge in [-0.2, -0.15) is 18.3 Å². The molecule has 1 aliphatic rings. The van der Waals surface area contributed by atoms with Gasteiger partial charge in [-0.3, -0.25) is 4.79 Å². The Morgan fingerprint density at radius 1 is 1.19 bits per heavy atom. The van der Waals surface area contributed by atoms with E-state index in [1.54, 1.807) is 48.5 Å². The monoisotopic (exact) mass is 512 g/mol. The molecule has 0 aliphatic carbocycles. The molecule has 10 heteroatoms. The summed E-state index contributed by atoms with van der Waals surface area (Å²) >= 11 is 9.17. The fraction of sp³-hybridized carbons (Fsp3) is 0.238. The number of anilines is 1. The second kappa shape index (κ2) is 8.55.